The number of hydrogen-bond acceptors (Lipinski definition) is 4. The molecule has 0 radical (unpaired) electrons. The number of aromatic carboxylic acids is 1. The second kappa shape index (κ2) is 7.93. The topological polar surface area (TPSA) is 107 Å². The number of aromatic nitrogens is 2. The SMILES string of the molecule is CCCNCc1cc2cc3c(cc2n1C)CCc1c-3[nH]c(=O)c(C(=O)O)c1O.Cl. The van der Waals surface area contributed by atoms with Gasteiger partial charge < -0.3 is 25.1 Å². The fraction of sp³-hybridized carbons (Fsp3) is 0.333. The van der Waals surface area contributed by atoms with Crippen LogP contribution in [0.25, 0.3) is 22.2 Å². The van der Waals surface area contributed by atoms with Crippen LogP contribution in [0.2, 0.25) is 0 Å². The zero-order valence-corrected chi connectivity index (χ0v) is 17.2. The van der Waals surface area contributed by atoms with Gasteiger partial charge in [-0.3, -0.25) is 4.79 Å². The molecule has 2 aromatic heterocycles. The number of carbonyl (C=O) groups is 1. The number of nitrogens with one attached hydrogen (secondary N) is 2. The number of fused-ring (bicyclic) bond motifs is 4. The van der Waals surface area contributed by atoms with Gasteiger partial charge in [-0.15, -0.1) is 12.4 Å². The molecule has 1 aliphatic rings. The molecule has 0 amide bonds. The van der Waals surface area contributed by atoms with Crippen LogP contribution in [0.4, 0.5) is 0 Å². The van der Waals surface area contributed by atoms with E-state index in [0.717, 1.165) is 41.5 Å². The zero-order valence-electron chi connectivity index (χ0n) is 16.3. The summed E-state index contributed by atoms with van der Waals surface area (Å²) in [4.78, 5) is 26.2. The second-order valence-electron chi connectivity index (χ2n) is 7.28. The molecule has 0 aliphatic heterocycles. The average Bonchev–Trinajstić information content (AvgIpc) is 2.95. The summed E-state index contributed by atoms with van der Waals surface area (Å²) in [5.74, 6) is -1.84. The molecule has 7 nitrogen and oxygen atoms in total. The molecule has 0 saturated carbocycles. The van der Waals surface area contributed by atoms with Crippen LogP contribution in [0.15, 0.2) is 23.0 Å². The van der Waals surface area contributed by atoms with Gasteiger partial charge in [-0.2, -0.15) is 0 Å². The molecule has 0 atom stereocenters. The Morgan fingerprint density at radius 1 is 1.28 bits per heavy atom. The number of carboxylic acids is 1. The Balaban J connectivity index is 0.00000240. The quantitative estimate of drug-likeness (QED) is 0.477. The van der Waals surface area contributed by atoms with E-state index < -0.39 is 22.8 Å². The van der Waals surface area contributed by atoms with Gasteiger partial charge in [0.2, 0.25) is 0 Å². The van der Waals surface area contributed by atoms with E-state index in [1.54, 1.807) is 0 Å². The summed E-state index contributed by atoms with van der Waals surface area (Å²) >= 11 is 0. The monoisotopic (exact) mass is 417 g/mol. The van der Waals surface area contributed by atoms with Crippen LogP contribution >= 0.6 is 12.4 Å². The number of aromatic hydroxyl groups is 1. The van der Waals surface area contributed by atoms with Crippen molar-refractivity contribution >= 4 is 29.3 Å². The van der Waals surface area contributed by atoms with E-state index in [9.17, 15) is 19.8 Å². The number of aryl methyl sites for hydroxylation is 2. The molecule has 0 saturated heterocycles. The highest BCUT2D eigenvalue weighted by Crippen LogP contribution is 2.39. The Labute approximate surface area is 173 Å². The van der Waals surface area contributed by atoms with Crippen molar-refractivity contribution in [2.75, 3.05) is 6.54 Å². The van der Waals surface area contributed by atoms with E-state index in [-0.39, 0.29) is 12.4 Å². The lowest BCUT2D eigenvalue weighted by molar-refractivity contribution is 0.0691. The van der Waals surface area contributed by atoms with Gasteiger partial charge in [0.15, 0.2) is 5.56 Å². The molecule has 0 unspecified atom stereocenters. The number of H-pyrrole nitrogens is 1. The molecule has 4 N–H and O–H groups in total. The summed E-state index contributed by atoms with van der Waals surface area (Å²) < 4.78 is 2.17. The lowest BCUT2D eigenvalue weighted by Gasteiger charge is -2.21. The number of hydrogen-bond donors (Lipinski definition) is 4. The lowest BCUT2D eigenvalue weighted by atomic mass is 9.87. The van der Waals surface area contributed by atoms with Crippen molar-refractivity contribution in [1.82, 2.24) is 14.9 Å². The molecule has 154 valence electrons. The molecule has 1 aromatic carbocycles. The second-order valence-corrected chi connectivity index (χ2v) is 7.28. The fourth-order valence-corrected chi connectivity index (χ4v) is 4.05. The average molecular weight is 418 g/mol. The summed E-state index contributed by atoms with van der Waals surface area (Å²) in [5, 5.41) is 24.1. The van der Waals surface area contributed by atoms with Crippen molar-refractivity contribution in [2.24, 2.45) is 7.05 Å². The predicted octanol–water partition coefficient (Wildman–Crippen LogP) is 2.96. The number of aromatic amines is 1. The van der Waals surface area contributed by atoms with Gasteiger partial charge in [0.25, 0.3) is 5.56 Å². The largest absolute Gasteiger partial charge is 0.506 e. The van der Waals surface area contributed by atoms with Crippen LogP contribution in [-0.4, -0.2) is 32.3 Å². The minimum absolute atomic E-state index is 0. The Kier molecular flexibility index (Phi) is 5.73. The minimum Gasteiger partial charge on any atom is -0.506 e. The molecular weight excluding hydrogens is 394 g/mol. The molecule has 8 heteroatoms. The van der Waals surface area contributed by atoms with Gasteiger partial charge in [-0.25, -0.2) is 4.79 Å². The van der Waals surface area contributed by atoms with Crippen LogP contribution in [0.1, 0.15) is 40.5 Å². The maximum Gasteiger partial charge on any atom is 0.345 e. The molecule has 3 aromatic rings. The van der Waals surface area contributed by atoms with Gasteiger partial charge in [0.05, 0.1) is 5.69 Å². The third-order valence-corrected chi connectivity index (χ3v) is 5.52. The molecule has 1 aliphatic carbocycles. The van der Waals surface area contributed by atoms with Crippen molar-refractivity contribution < 1.29 is 15.0 Å². The summed E-state index contributed by atoms with van der Waals surface area (Å²) in [7, 11) is 2.04. The fourth-order valence-electron chi connectivity index (χ4n) is 4.05. The van der Waals surface area contributed by atoms with Gasteiger partial charge in [-0.05, 0) is 49.6 Å². The number of rotatable bonds is 5. The maximum absolute atomic E-state index is 12.2. The predicted molar refractivity (Wildman–Crippen MR) is 114 cm³/mol. The minimum atomic E-state index is -1.42. The normalized spacial score (nSPS) is 12.3. The van der Waals surface area contributed by atoms with Crippen molar-refractivity contribution in [3.63, 3.8) is 0 Å². The molecule has 0 fully saturated rings. The number of pyridine rings is 1. The van der Waals surface area contributed by atoms with E-state index in [2.05, 4.69) is 33.9 Å². The van der Waals surface area contributed by atoms with Crippen LogP contribution in [0, 0.1) is 0 Å². The lowest BCUT2D eigenvalue weighted by Crippen LogP contribution is -2.22. The van der Waals surface area contributed by atoms with E-state index in [1.165, 1.54) is 5.69 Å². The Morgan fingerprint density at radius 2 is 2.03 bits per heavy atom. The van der Waals surface area contributed by atoms with Crippen molar-refractivity contribution in [2.45, 2.75) is 32.7 Å². The van der Waals surface area contributed by atoms with Crippen molar-refractivity contribution in [3.8, 4) is 17.0 Å². The Morgan fingerprint density at radius 3 is 2.72 bits per heavy atom. The Bertz CT molecular complexity index is 1160. The molecule has 2 heterocycles. The van der Waals surface area contributed by atoms with Gasteiger partial charge >= 0.3 is 5.97 Å². The first-order valence-corrected chi connectivity index (χ1v) is 9.46. The number of nitrogens with zero attached hydrogens (tertiary/aromatic N) is 1. The molecule has 4 rings (SSSR count). The number of benzene rings is 1. The summed E-state index contributed by atoms with van der Waals surface area (Å²) in [6, 6.07) is 6.26. The summed E-state index contributed by atoms with van der Waals surface area (Å²) in [5.41, 5.74) is 3.84. The standard InChI is InChI=1S/C21H23N3O4.ClH/c1-3-6-22-10-13-7-12-8-15-11(9-16(12)24(13)2)4-5-14-18(15)23-20(26)17(19(14)25)21(27)28;/h7-9,22H,3-6,10H2,1-2H3,(H,27,28)(H2,23,25,26);1H. The molecular formula is C21H24ClN3O4. The third-order valence-electron chi connectivity index (χ3n) is 5.52. The number of halogens is 1. The maximum atomic E-state index is 12.2. The van der Waals surface area contributed by atoms with Crippen LogP contribution in [0.3, 0.4) is 0 Å². The smallest absolute Gasteiger partial charge is 0.345 e. The first-order chi connectivity index (χ1) is 13.4. The highest BCUT2D eigenvalue weighted by molar-refractivity contribution is 5.94. The van der Waals surface area contributed by atoms with Crippen LogP contribution in [-0.2, 0) is 26.4 Å². The molecule has 0 spiro atoms. The highest BCUT2D eigenvalue weighted by Gasteiger charge is 2.27. The zero-order chi connectivity index (χ0) is 20.0. The van der Waals surface area contributed by atoms with E-state index >= 15 is 0 Å². The Hall–Kier alpha value is -2.77. The molecule has 29 heavy (non-hydrogen) atoms. The highest BCUT2D eigenvalue weighted by atomic mass is 35.5. The van der Waals surface area contributed by atoms with Crippen molar-refractivity contribution in [3.05, 3.63) is 50.9 Å². The van der Waals surface area contributed by atoms with Gasteiger partial charge in [-0.1, -0.05) is 6.92 Å². The first kappa shape index (κ1) is 21.0. The van der Waals surface area contributed by atoms with E-state index in [0.29, 0.717) is 24.1 Å². The number of carboxylic acid groups (broad SMARTS) is 1. The first-order valence-electron chi connectivity index (χ1n) is 9.46. The van der Waals surface area contributed by atoms with E-state index in [4.69, 9.17) is 0 Å². The van der Waals surface area contributed by atoms with E-state index in [1.807, 2.05) is 13.1 Å². The van der Waals surface area contributed by atoms with Crippen LogP contribution < -0.4 is 10.9 Å². The summed E-state index contributed by atoms with van der Waals surface area (Å²) in [6.45, 7) is 3.86. The molecule has 0 bridgehead atoms. The summed E-state index contributed by atoms with van der Waals surface area (Å²) in [6.07, 6.45) is 2.22. The van der Waals surface area contributed by atoms with Crippen molar-refractivity contribution in [1.29, 1.82) is 0 Å². The third kappa shape index (κ3) is 3.41. The van der Waals surface area contributed by atoms with Crippen LogP contribution in [0.5, 0.6) is 5.75 Å². The van der Waals surface area contributed by atoms with Gasteiger partial charge in [0, 0.05) is 41.3 Å². The van der Waals surface area contributed by atoms with Gasteiger partial charge in [0.1, 0.15) is 5.75 Å².